The predicted molar refractivity (Wildman–Crippen MR) is 87.1 cm³/mol. The van der Waals surface area contributed by atoms with Crippen LogP contribution < -0.4 is 10.2 Å². The third kappa shape index (κ3) is 3.66. The first-order valence-electron chi connectivity index (χ1n) is 6.66. The normalized spacial score (nSPS) is 19.5. The molecule has 0 aromatic heterocycles. The second-order valence-electron chi connectivity index (χ2n) is 5.16. The maximum atomic E-state index is 11.3. The number of aliphatic hydroxyl groups is 1. The Labute approximate surface area is 143 Å². The van der Waals surface area contributed by atoms with Gasteiger partial charge in [-0.05, 0) is 13.0 Å². The standard InChI is InChI=1S/C14H15Cl3N2O3/c1-6-3-10(21)18-19-13(6)8-4-9(15)14(12(17)11(8)16)22-5-7(2)20/h4,6-7,20H,3,5H2,1-2H3,(H,18,21). The van der Waals surface area contributed by atoms with E-state index < -0.39 is 6.10 Å². The van der Waals surface area contributed by atoms with Crippen molar-refractivity contribution in [3.05, 3.63) is 26.7 Å². The second-order valence-corrected chi connectivity index (χ2v) is 6.32. The summed E-state index contributed by atoms with van der Waals surface area (Å²) in [7, 11) is 0. The predicted octanol–water partition coefficient (Wildman–Crippen LogP) is 3.27. The monoisotopic (exact) mass is 364 g/mol. The third-order valence-corrected chi connectivity index (χ3v) is 4.25. The zero-order chi connectivity index (χ0) is 16.4. The Morgan fingerprint density at radius 1 is 1.45 bits per heavy atom. The van der Waals surface area contributed by atoms with Crippen molar-refractivity contribution in [2.75, 3.05) is 6.61 Å². The molecule has 0 fully saturated rings. The molecule has 2 N–H and O–H groups in total. The van der Waals surface area contributed by atoms with Crippen LogP contribution in [0.5, 0.6) is 5.75 Å². The first-order valence-corrected chi connectivity index (χ1v) is 7.79. The number of hydrogen-bond donors (Lipinski definition) is 2. The summed E-state index contributed by atoms with van der Waals surface area (Å²) in [6, 6.07) is 1.60. The molecule has 120 valence electrons. The van der Waals surface area contributed by atoms with Crippen molar-refractivity contribution in [2.24, 2.45) is 11.0 Å². The van der Waals surface area contributed by atoms with Gasteiger partial charge in [-0.3, -0.25) is 4.79 Å². The largest absolute Gasteiger partial charge is 0.488 e. The number of rotatable bonds is 4. The number of ether oxygens (including phenoxy) is 1. The van der Waals surface area contributed by atoms with Crippen LogP contribution in [0.2, 0.25) is 15.1 Å². The van der Waals surface area contributed by atoms with Gasteiger partial charge in [0, 0.05) is 17.9 Å². The van der Waals surface area contributed by atoms with Gasteiger partial charge in [0.15, 0.2) is 5.75 Å². The first-order chi connectivity index (χ1) is 10.3. The fourth-order valence-corrected chi connectivity index (χ4v) is 2.88. The van der Waals surface area contributed by atoms with Gasteiger partial charge in [0.05, 0.1) is 21.9 Å². The quantitative estimate of drug-likeness (QED) is 0.805. The Balaban J connectivity index is 2.41. The summed E-state index contributed by atoms with van der Waals surface area (Å²) >= 11 is 18.7. The van der Waals surface area contributed by atoms with Crippen LogP contribution in [0, 0.1) is 5.92 Å². The van der Waals surface area contributed by atoms with Gasteiger partial charge in [-0.15, -0.1) is 0 Å². The molecule has 5 nitrogen and oxygen atoms in total. The molecule has 0 saturated carbocycles. The van der Waals surface area contributed by atoms with E-state index in [1.165, 1.54) is 0 Å². The van der Waals surface area contributed by atoms with Gasteiger partial charge >= 0.3 is 0 Å². The van der Waals surface area contributed by atoms with E-state index in [0.29, 0.717) is 17.7 Å². The molecule has 1 heterocycles. The lowest BCUT2D eigenvalue weighted by Crippen LogP contribution is -2.32. The molecule has 1 amide bonds. The Morgan fingerprint density at radius 3 is 2.73 bits per heavy atom. The Morgan fingerprint density at radius 2 is 2.14 bits per heavy atom. The summed E-state index contributed by atoms with van der Waals surface area (Å²) in [6.45, 7) is 3.50. The highest BCUT2D eigenvalue weighted by molar-refractivity contribution is 6.47. The van der Waals surface area contributed by atoms with Crippen molar-refractivity contribution in [1.29, 1.82) is 0 Å². The van der Waals surface area contributed by atoms with E-state index in [0.717, 1.165) is 0 Å². The minimum Gasteiger partial charge on any atom is -0.488 e. The van der Waals surface area contributed by atoms with E-state index in [2.05, 4.69) is 10.5 Å². The summed E-state index contributed by atoms with van der Waals surface area (Å²) in [5.74, 6) is -0.0462. The fourth-order valence-electron chi connectivity index (χ4n) is 2.08. The van der Waals surface area contributed by atoms with Gasteiger partial charge in [0.2, 0.25) is 5.91 Å². The van der Waals surface area contributed by atoms with Crippen molar-refractivity contribution < 1.29 is 14.6 Å². The minimum atomic E-state index is -0.663. The van der Waals surface area contributed by atoms with Gasteiger partial charge in [-0.2, -0.15) is 5.10 Å². The van der Waals surface area contributed by atoms with Crippen LogP contribution in [0.4, 0.5) is 0 Å². The highest BCUT2D eigenvalue weighted by atomic mass is 35.5. The summed E-state index contributed by atoms with van der Waals surface area (Å²) in [6.07, 6.45) is -0.353. The SMILES string of the molecule is CC(O)COc1c(Cl)cc(C2=NNC(=O)CC2C)c(Cl)c1Cl. The average molecular weight is 366 g/mol. The number of benzene rings is 1. The van der Waals surface area contributed by atoms with E-state index in [9.17, 15) is 9.90 Å². The lowest BCUT2D eigenvalue weighted by atomic mass is 9.94. The molecule has 0 aliphatic carbocycles. The summed E-state index contributed by atoms with van der Waals surface area (Å²) in [5, 5.41) is 14.0. The van der Waals surface area contributed by atoms with Crippen molar-refractivity contribution in [1.82, 2.24) is 5.43 Å². The minimum absolute atomic E-state index is 0.0442. The first kappa shape index (κ1) is 17.3. The zero-order valence-electron chi connectivity index (χ0n) is 12.0. The molecule has 1 aromatic carbocycles. The Kier molecular flexibility index (Phi) is 5.55. The molecule has 22 heavy (non-hydrogen) atoms. The third-order valence-electron chi connectivity index (χ3n) is 3.12. The number of nitrogens with zero attached hydrogens (tertiary/aromatic N) is 1. The van der Waals surface area contributed by atoms with Crippen LogP contribution in [0.25, 0.3) is 0 Å². The summed E-state index contributed by atoms with van der Waals surface area (Å²) in [5.41, 5.74) is 3.58. The molecule has 0 spiro atoms. The molecule has 1 aliphatic rings. The topological polar surface area (TPSA) is 70.9 Å². The number of aliphatic hydroxyl groups excluding tert-OH is 1. The Hall–Kier alpha value is -1.01. The molecule has 0 bridgehead atoms. The zero-order valence-corrected chi connectivity index (χ0v) is 14.3. The van der Waals surface area contributed by atoms with Crippen molar-refractivity contribution in [3.8, 4) is 5.75 Å². The second kappa shape index (κ2) is 7.04. The number of amides is 1. The van der Waals surface area contributed by atoms with Crippen LogP contribution >= 0.6 is 34.8 Å². The molecule has 0 radical (unpaired) electrons. The van der Waals surface area contributed by atoms with E-state index in [1.54, 1.807) is 13.0 Å². The number of halogens is 3. The van der Waals surface area contributed by atoms with E-state index in [-0.39, 0.29) is 39.2 Å². The van der Waals surface area contributed by atoms with Crippen LogP contribution in [0.3, 0.4) is 0 Å². The van der Waals surface area contributed by atoms with Gasteiger partial charge < -0.3 is 9.84 Å². The van der Waals surface area contributed by atoms with Gasteiger partial charge in [0.25, 0.3) is 0 Å². The number of nitrogens with one attached hydrogen (secondary N) is 1. The number of carbonyl (C=O) groups excluding carboxylic acids is 1. The molecule has 2 atom stereocenters. The smallest absolute Gasteiger partial charge is 0.240 e. The highest BCUT2D eigenvalue weighted by Gasteiger charge is 2.26. The summed E-state index contributed by atoms with van der Waals surface area (Å²) in [4.78, 5) is 11.3. The maximum absolute atomic E-state index is 11.3. The van der Waals surface area contributed by atoms with Gasteiger partial charge in [0.1, 0.15) is 11.6 Å². The van der Waals surface area contributed by atoms with Gasteiger partial charge in [-0.25, -0.2) is 5.43 Å². The lowest BCUT2D eigenvalue weighted by Gasteiger charge is -2.21. The van der Waals surface area contributed by atoms with Crippen molar-refractivity contribution in [3.63, 3.8) is 0 Å². The van der Waals surface area contributed by atoms with Crippen LogP contribution in [0.15, 0.2) is 11.2 Å². The van der Waals surface area contributed by atoms with E-state index in [4.69, 9.17) is 39.5 Å². The Bertz CT molecular complexity index is 632. The molecule has 8 heteroatoms. The molecule has 2 rings (SSSR count). The lowest BCUT2D eigenvalue weighted by molar-refractivity contribution is -0.121. The average Bonchev–Trinajstić information content (AvgIpc) is 2.43. The molecule has 2 unspecified atom stereocenters. The fraction of sp³-hybridized carbons (Fsp3) is 0.429. The molecule has 0 saturated heterocycles. The number of carbonyl (C=O) groups is 1. The van der Waals surface area contributed by atoms with E-state index in [1.807, 2.05) is 6.92 Å². The van der Waals surface area contributed by atoms with Crippen molar-refractivity contribution >= 4 is 46.4 Å². The van der Waals surface area contributed by atoms with Crippen molar-refractivity contribution in [2.45, 2.75) is 26.4 Å². The van der Waals surface area contributed by atoms with Crippen LogP contribution in [0.1, 0.15) is 25.8 Å². The molecular weight excluding hydrogens is 351 g/mol. The number of hydrogen-bond acceptors (Lipinski definition) is 4. The van der Waals surface area contributed by atoms with Crippen LogP contribution in [-0.4, -0.2) is 29.4 Å². The number of hydrazone groups is 1. The molecule has 1 aromatic rings. The maximum Gasteiger partial charge on any atom is 0.240 e. The molecular formula is C14H15Cl3N2O3. The summed E-state index contributed by atoms with van der Waals surface area (Å²) < 4.78 is 5.39. The molecule has 1 aliphatic heterocycles. The van der Waals surface area contributed by atoms with Gasteiger partial charge in [-0.1, -0.05) is 41.7 Å². The van der Waals surface area contributed by atoms with E-state index >= 15 is 0 Å². The van der Waals surface area contributed by atoms with Crippen LogP contribution in [-0.2, 0) is 4.79 Å². The highest BCUT2D eigenvalue weighted by Crippen LogP contribution is 2.41.